The lowest BCUT2D eigenvalue weighted by molar-refractivity contribution is 0.0316. The molecule has 0 spiro atoms. The molecule has 32 heavy (non-hydrogen) atoms. The number of likely N-dealkylation sites (N-methyl/N-ethyl adjacent to an activating group) is 1. The van der Waals surface area contributed by atoms with Gasteiger partial charge in [-0.1, -0.05) is 31.5 Å². The molecule has 1 saturated heterocycles. The second-order valence-electron chi connectivity index (χ2n) is 8.36. The summed E-state index contributed by atoms with van der Waals surface area (Å²) in [5, 5.41) is 4.20. The molecule has 1 aliphatic rings. The number of aromatic amines is 1. The maximum Gasteiger partial charge on any atom is 0.298 e. The van der Waals surface area contributed by atoms with Crippen molar-refractivity contribution in [1.29, 1.82) is 0 Å². The minimum atomic E-state index is -2.46. The van der Waals surface area contributed by atoms with Gasteiger partial charge in [0.2, 0.25) is 5.76 Å². The summed E-state index contributed by atoms with van der Waals surface area (Å²) in [5.74, 6) is -0.255. The first-order valence-electron chi connectivity index (χ1n) is 11.0. The summed E-state index contributed by atoms with van der Waals surface area (Å²) in [7, 11) is 1.68. The van der Waals surface area contributed by atoms with E-state index in [-0.39, 0.29) is 30.3 Å². The Morgan fingerprint density at radius 2 is 2.16 bits per heavy atom. The fourth-order valence-corrected chi connectivity index (χ4v) is 4.26. The smallest absolute Gasteiger partial charge is 0.298 e. The third-order valence-electron chi connectivity index (χ3n) is 6.09. The molecule has 172 valence electrons. The van der Waals surface area contributed by atoms with Crippen molar-refractivity contribution in [1.82, 2.24) is 20.2 Å². The van der Waals surface area contributed by atoms with Gasteiger partial charge in [0.05, 0.1) is 12.2 Å². The first-order chi connectivity index (χ1) is 15.5. The first kappa shape index (κ1) is 22.3. The van der Waals surface area contributed by atoms with Gasteiger partial charge in [0, 0.05) is 42.8 Å². The van der Waals surface area contributed by atoms with E-state index in [9.17, 15) is 13.6 Å². The number of rotatable bonds is 8. The van der Waals surface area contributed by atoms with Crippen molar-refractivity contribution >= 4 is 22.8 Å². The van der Waals surface area contributed by atoms with Crippen molar-refractivity contribution < 1.29 is 18.0 Å². The molecule has 4 rings (SSSR count). The van der Waals surface area contributed by atoms with Gasteiger partial charge < -0.3 is 19.6 Å². The lowest BCUT2D eigenvalue weighted by atomic mass is 10.0. The van der Waals surface area contributed by atoms with Crippen molar-refractivity contribution in [3.8, 4) is 0 Å². The highest BCUT2D eigenvalue weighted by molar-refractivity contribution is 5.91. The van der Waals surface area contributed by atoms with Crippen LogP contribution in [0.3, 0.4) is 0 Å². The Labute approximate surface area is 185 Å². The number of carbonyl (C=O) groups excluding carboxylic acids is 1. The highest BCUT2D eigenvalue weighted by Crippen LogP contribution is 2.23. The Morgan fingerprint density at radius 1 is 1.34 bits per heavy atom. The molecule has 1 aliphatic heterocycles. The zero-order valence-electron chi connectivity index (χ0n) is 18.4. The fraction of sp³-hybridized carbons (Fsp3) is 0.478. The Morgan fingerprint density at radius 3 is 2.94 bits per heavy atom. The van der Waals surface area contributed by atoms with Gasteiger partial charge in [-0.15, -0.1) is 0 Å². The molecule has 2 atom stereocenters. The van der Waals surface area contributed by atoms with E-state index in [0.717, 1.165) is 29.3 Å². The highest BCUT2D eigenvalue weighted by atomic mass is 19.3. The maximum absolute atomic E-state index is 13.3. The SMILES string of the molecule is CCCC(Cc1c[nH]c2ccccc12)NC(=O)c1cnc(N2CCN(C)C(C(F)F)C2)o1. The van der Waals surface area contributed by atoms with Gasteiger partial charge in [0.25, 0.3) is 18.3 Å². The lowest BCUT2D eigenvalue weighted by Crippen LogP contribution is -2.54. The summed E-state index contributed by atoms with van der Waals surface area (Å²) in [6.07, 6.45) is 3.33. The summed E-state index contributed by atoms with van der Waals surface area (Å²) in [6, 6.07) is 7.33. The monoisotopic (exact) mass is 445 g/mol. The van der Waals surface area contributed by atoms with Gasteiger partial charge in [-0.3, -0.25) is 9.69 Å². The van der Waals surface area contributed by atoms with E-state index in [1.165, 1.54) is 6.20 Å². The topological polar surface area (TPSA) is 77.4 Å². The number of oxazole rings is 1. The van der Waals surface area contributed by atoms with Crippen LogP contribution in [-0.4, -0.2) is 66.0 Å². The Balaban J connectivity index is 1.42. The predicted octanol–water partition coefficient (Wildman–Crippen LogP) is 3.68. The standard InChI is InChI=1S/C23H29F2N5O2/c1-3-6-16(11-15-12-26-18-8-5-4-7-17(15)18)28-22(31)20-13-27-23(32-20)30-10-9-29(2)19(14-30)21(24)25/h4-5,7-8,12-13,16,19,21,26H,3,6,9-11,14H2,1-2H3,(H,28,31). The van der Waals surface area contributed by atoms with Crippen LogP contribution in [0.2, 0.25) is 0 Å². The van der Waals surface area contributed by atoms with E-state index >= 15 is 0 Å². The highest BCUT2D eigenvalue weighted by Gasteiger charge is 2.33. The third kappa shape index (κ3) is 4.77. The quantitative estimate of drug-likeness (QED) is 0.553. The number of alkyl halides is 2. The molecular weight excluding hydrogens is 416 g/mol. The van der Waals surface area contributed by atoms with Crippen LogP contribution in [-0.2, 0) is 6.42 Å². The van der Waals surface area contributed by atoms with Crippen molar-refractivity contribution in [2.75, 3.05) is 31.6 Å². The summed E-state index contributed by atoms with van der Waals surface area (Å²) in [4.78, 5) is 23.6. The number of anilines is 1. The van der Waals surface area contributed by atoms with Crippen molar-refractivity contribution in [2.24, 2.45) is 0 Å². The zero-order valence-corrected chi connectivity index (χ0v) is 18.4. The van der Waals surface area contributed by atoms with Crippen LogP contribution in [0.5, 0.6) is 0 Å². The molecule has 2 N–H and O–H groups in total. The van der Waals surface area contributed by atoms with Gasteiger partial charge in [-0.2, -0.15) is 0 Å². The number of nitrogens with zero attached hydrogens (tertiary/aromatic N) is 3. The molecule has 3 aromatic rings. The summed E-state index contributed by atoms with van der Waals surface area (Å²) < 4.78 is 32.2. The van der Waals surface area contributed by atoms with Crippen molar-refractivity contribution in [3.63, 3.8) is 0 Å². The number of amides is 1. The minimum Gasteiger partial charge on any atom is -0.418 e. The van der Waals surface area contributed by atoms with Crippen LogP contribution in [0.25, 0.3) is 10.9 Å². The lowest BCUT2D eigenvalue weighted by Gasteiger charge is -2.38. The number of H-pyrrole nitrogens is 1. The third-order valence-corrected chi connectivity index (χ3v) is 6.09. The summed E-state index contributed by atoms with van der Waals surface area (Å²) in [5.41, 5.74) is 2.21. The van der Waals surface area contributed by atoms with Crippen molar-refractivity contribution in [2.45, 2.75) is 44.7 Å². The molecule has 3 heterocycles. The second-order valence-corrected chi connectivity index (χ2v) is 8.36. The van der Waals surface area contributed by atoms with Crippen LogP contribution in [0, 0.1) is 0 Å². The number of piperazine rings is 1. The van der Waals surface area contributed by atoms with Crippen LogP contribution in [0.4, 0.5) is 14.8 Å². The summed E-state index contributed by atoms with van der Waals surface area (Å²) >= 11 is 0. The molecule has 1 aromatic carbocycles. The van der Waals surface area contributed by atoms with Gasteiger partial charge in [-0.05, 0) is 31.5 Å². The maximum atomic E-state index is 13.3. The van der Waals surface area contributed by atoms with E-state index in [1.54, 1.807) is 16.8 Å². The van der Waals surface area contributed by atoms with E-state index in [4.69, 9.17) is 4.42 Å². The average Bonchev–Trinajstić information content (AvgIpc) is 3.42. The number of hydrogen-bond acceptors (Lipinski definition) is 5. The van der Waals surface area contributed by atoms with Gasteiger partial charge in [-0.25, -0.2) is 13.8 Å². The second kappa shape index (κ2) is 9.68. The van der Waals surface area contributed by atoms with Gasteiger partial charge in [0.15, 0.2) is 0 Å². The average molecular weight is 446 g/mol. The fourth-order valence-electron chi connectivity index (χ4n) is 4.26. The molecule has 0 bridgehead atoms. The van der Waals surface area contributed by atoms with E-state index in [2.05, 4.69) is 28.3 Å². The predicted molar refractivity (Wildman–Crippen MR) is 119 cm³/mol. The number of para-hydroxylation sites is 1. The molecule has 1 fully saturated rings. The minimum absolute atomic E-state index is 0.0629. The van der Waals surface area contributed by atoms with Crippen LogP contribution in [0.1, 0.15) is 35.9 Å². The number of benzene rings is 1. The molecule has 0 aliphatic carbocycles. The zero-order chi connectivity index (χ0) is 22.7. The van der Waals surface area contributed by atoms with Crippen LogP contribution < -0.4 is 10.2 Å². The Kier molecular flexibility index (Phi) is 6.74. The molecule has 1 amide bonds. The first-order valence-corrected chi connectivity index (χ1v) is 11.0. The molecule has 0 saturated carbocycles. The number of halogens is 2. The Hall–Kier alpha value is -2.94. The number of fused-ring (bicyclic) bond motifs is 1. The molecule has 0 radical (unpaired) electrons. The Bertz CT molecular complexity index is 1050. The molecule has 2 aromatic heterocycles. The normalized spacial score (nSPS) is 18.4. The number of nitrogens with one attached hydrogen (secondary N) is 2. The number of hydrogen-bond donors (Lipinski definition) is 2. The van der Waals surface area contributed by atoms with E-state index in [0.29, 0.717) is 19.5 Å². The molecule has 7 nitrogen and oxygen atoms in total. The largest absolute Gasteiger partial charge is 0.418 e. The van der Waals surface area contributed by atoms with Crippen molar-refractivity contribution in [3.05, 3.63) is 48.0 Å². The number of carbonyl (C=O) groups is 1. The van der Waals surface area contributed by atoms with E-state index in [1.807, 2.05) is 24.4 Å². The number of aromatic nitrogens is 2. The van der Waals surface area contributed by atoms with Crippen LogP contribution >= 0.6 is 0 Å². The molecule has 2 unspecified atom stereocenters. The van der Waals surface area contributed by atoms with Gasteiger partial charge >= 0.3 is 0 Å². The molecular formula is C23H29F2N5O2. The van der Waals surface area contributed by atoms with Crippen LogP contribution in [0.15, 0.2) is 41.1 Å². The van der Waals surface area contributed by atoms with Gasteiger partial charge in [0.1, 0.15) is 0 Å². The van der Waals surface area contributed by atoms with E-state index < -0.39 is 12.5 Å². The molecule has 9 heteroatoms. The summed E-state index contributed by atoms with van der Waals surface area (Å²) in [6.45, 7) is 3.17.